The van der Waals surface area contributed by atoms with Gasteiger partial charge >= 0.3 is 568 Å². The molecule has 0 heterocycles. The summed E-state index contributed by atoms with van der Waals surface area (Å²) in [7, 11) is 0. The van der Waals surface area contributed by atoms with Gasteiger partial charge in [0, 0.05) is 0 Å². The van der Waals surface area contributed by atoms with Crippen LogP contribution in [0, 0.1) is 0 Å². The van der Waals surface area contributed by atoms with E-state index in [0.29, 0.717) is 116 Å². The Morgan fingerprint density at radius 3 is 0.540 bits per heavy atom. The molecular formula is C81H90Se6. The SMILES string of the molecule is CCCCC[C@@]1(c2ccccc2)CCC1([Se]c1ccccc1)[Se]c1ccccc1.CCCCC[C@@]1(c2ccccc2)CCC1([Se]c1ccccc1)[Se]c1ccccc1.CCCCC[C@]1(c2ccccc2)CCC1([Se]c1ccccc1)[Se]c1ccccc1. The maximum atomic E-state index is 2.42. The molecule has 3 aliphatic carbocycles. The molecule has 0 unspecified atom stereocenters. The van der Waals surface area contributed by atoms with Crippen LogP contribution in [0.15, 0.2) is 273 Å². The fourth-order valence-electron chi connectivity index (χ4n) is 13.7. The summed E-state index contributed by atoms with van der Waals surface area (Å²) in [6.45, 7) is 6.97. The third kappa shape index (κ3) is 15.9. The maximum absolute atomic E-state index is 2.42. The van der Waals surface area contributed by atoms with Gasteiger partial charge in [0.05, 0.1) is 0 Å². The topological polar surface area (TPSA) is 0 Å². The summed E-state index contributed by atoms with van der Waals surface area (Å²) >= 11 is 2.86. The molecule has 3 aliphatic rings. The molecule has 450 valence electrons. The average Bonchev–Trinajstić information content (AvgIpc) is 0.902. The molecule has 9 aromatic rings. The molecule has 0 aromatic heterocycles. The van der Waals surface area contributed by atoms with E-state index in [1.807, 2.05) is 0 Å². The van der Waals surface area contributed by atoms with Crippen molar-refractivity contribution in [1.82, 2.24) is 0 Å². The Hall–Kier alpha value is -3.90. The zero-order valence-corrected chi connectivity index (χ0v) is 61.9. The normalized spacial score (nSPS) is 20.2. The standard InChI is InChI=1S/3C27H30Se2/c3*1-2-3-13-20-26(23-14-7-4-8-15-23)21-22-27(26,28-24-16-9-5-10-17-24)29-25-18-11-6-12-19-25/h3*4-12,14-19H,2-3,13,20-22H2,1H3/t3*26-/m100/s1. The molecule has 3 saturated carbocycles. The Balaban J connectivity index is 0.000000144. The first-order valence-electron chi connectivity index (χ1n) is 32.4. The summed E-state index contributed by atoms with van der Waals surface area (Å²) in [6, 6.07) is 103. The monoisotopic (exact) mass is 1540 g/mol. The predicted molar refractivity (Wildman–Crippen MR) is 384 cm³/mol. The summed E-state index contributed by atoms with van der Waals surface area (Å²) in [6.07, 6.45) is 24.2. The number of benzene rings is 9. The van der Waals surface area contributed by atoms with Crippen molar-refractivity contribution in [2.75, 3.05) is 0 Å². The third-order valence-corrected chi connectivity index (χ3v) is 42.1. The number of hydrogen-bond acceptors (Lipinski definition) is 0. The molecular weight excluding hydrogens is 1450 g/mol. The molecule has 0 saturated heterocycles. The zero-order valence-electron chi connectivity index (χ0n) is 51.7. The van der Waals surface area contributed by atoms with Crippen LogP contribution in [0.1, 0.15) is 153 Å². The van der Waals surface area contributed by atoms with Crippen LogP contribution < -0.4 is 26.8 Å². The average molecular weight is 1540 g/mol. The fraction of sp³-hybridized carbons (Fsp3) is 0.333. The van der Waals surface area contributed by atoms with Crippen LogP contribution in [0.3, 0.4) is 0 Å². The van der Waals surface area contributed by atoms with Crippen molar-refractivity contribution in [3.63, 3.8) is 0 Å². The molecule has 0 spiro atoms. The summed E-state index contributed by atoms with van der Waals surface area (Å²) < 4.78 is 10.6. The van der Waals surface area contributed by atoms with Gasteiger partial charge in [0.2, 0.25) is 0 Å². The predicted octanol–water partition coefficient (Wildman–Crippen LogP) is 16.4. The molecule has 87 heavy (non-hydrogen) atoms. The van der Waals surface area contributed by atoms with E-state index in [-0.39, 0.29) is 0 Å². The first kappa shape index (κ1) is 66.0. The van der Waals surface area contributed by atoms with E-state index in [2.05, 4.69) is 294 Å². The van der Waals surface area contributed by atoms with Gasteiger partial charge in [-0.2, -0.15) is 0 Å². The first-order valence-corrected chi connectivity index (χ1v) is 42.7. The van der Waals surface area contributed by atoms with E-state index < -0.39 is 0 Å². The van der Waals surface area contributed by atoms with Gasteiger partial charge in [0.25, 0.3) is 0 Å². The van der Waals surface area contributed by atoms with Crippen LogP contribution in [0.25, 0.3) is 0 Å². The van der Waals surface area contributed by atoms with Crippen molar-refractivity contribution < 1.29 is 0 Å². The van der Waals surface area contributed by atoms with Gasteiger partial charge < -0.3 is 0 Å². The Morgan fingerprint density at radius 2 is 0.391 bits per heavy atom. The Kier molecular flexibility index (Phi) is 25.0. The summed E-state index contributed by atoms with van der Waals surface area (Å²) in [5.41, 5.74) is 5.81. The minimum absolute atomic E-state index is 0.342. The Bertz CT molecular complexity index is 2870. The first-order chi connectivity index (χ1) is 42.8. The van der Waals surface area contributed by atoms with Crippen LogP contribution in [-0.2, 0) is 16.2 Å². The summed E-state index contributed by atoms with van der Waals surface area (Å²) in [5, 5.41) is 0. The third-order valence-electron chi connectivity index (χ3n) is 18.6. The number of unbranched alkanes of at least 4 members (excludes halogenated alkanes) is 6. The number of rotatable bonds is 27. The van der Waals surface area contributed by atoms with Gasteiger partial charge in [0.1, 0.15) is 0 Å². The minimum atomic E-state index is 0.342. The molecule has 0 nitrogen and oxygen atoms in total. The second kappa shape index (κ2) is 32.9. The molecule has 0 radical (unpaired) electrons. The van der Waals surface area contributed by atoms with E-state index in [1.165, 1.54) is 116 Å². The van der Waals surface area contributed by atoms with Crippen molar-refractivity contribution in [2.24, 2.45) is 0 Å². The van der Waals surface area contributed by atoms with Crippen molar-refractivity contribution >= 4 is 117 Å². The Labute approximate surface area is 562 Å². The molecule has 9 aromatic carbocycles. The second-order valence-corrected chi connectivity index (χ2v) is 45.2. The van der Waals surface area contributed by atoms with Gasteiger partial charge in [0.15, 0.2) is 0 Å². The fourth-order valence-corrected chi connectivity index (χ4v) is 39.2. The van der Waals surface area contributed by atoms with Gasteiger partial charge in [-0.3, -0.25) is 0 Å². The molecule has 0 aliphatic heterocycles. The zero-order chi connectivity index (χ0) is 60.0. The Morgan fingerprint density at radius 1 is 0.218 bits per heavy atom. The van der Waals surface area contributed by atoms with Crippen LogP contribution >= 0.6 is 0 Å². The van der Waals surface area contributed by atoms with Gasteiger partial charge in [-0.15, -0.1) is 0 Å². The van der Waals surface area contributed by atoms with Crippen molar-refractivity contribution in [3.8, 4) is 0 Å². The van der Waals surface area contributed by atoms with E-state index in [0.717, 1.165) is 0 Å². The van der Waals surface area contributed by atoms with Crippen molar-refractivity contribution in [3.05, 3.63) is 290 Å². The molecule has 12 rings (SSSR count). The van der Waals surface area contributed by atoms with E-state index in [4.69, 9.17) is 0 Å². The molecule has 3 fully saturated rings. The van der Waals surface area contributed by atoms with E-state index in [1.54, 1.807) is 43.5 Å². The molecule has 0 bridgehead atoms. The molecule has 3 atom stereocenters. The van der Waals surface area contributed by atoms with Crippen LogP contribution in [0.4, 0.5) is 0 Å². The van der Waals surface area contributed by atoms with Crippen LogP contribution in [-0.4, -0.2) is 89.7 Å². The van der Waals surface area contributed by atoms with E-state index in [9.17, 15) is 0 Å². The second-order valence-electron chi connectivity index (χ2n) is 24.0. The quantitative estimate of drug-likeness (QED) is 0.0356. The molecule has 0 amide bonds. The van der Waals surface area contributed by atoms with Gasteiger partial charge in [-0.25, -0.2) is 0 Å². The molecule has 6 heteroatoms. The summed E-state index contributed by atoms with van der Waals surface area (Å²) in [4.78, 5) is 0. The molecule has 0 N–H and O–H groups in total. The van der Waals surface area contributed by atoms with Crippen molar-refractivity contribution in [2.45, 2.75) is 162 Å². The van der Waals surface area contributed by atoms with E-state index >= 15 is 0 Å². The van der Waals surface area contributed by atoms with Gasteiger partial charge in [-0.1, -0.05) is 0 Å². The van der Waals surface area contributed by atoms with Crippen LogP contribution in [0.5, 0.6) is 0 Å². The van der Waals surface area contributed by atoms with Crippen molar-refractivity contribution in [1.29, 1.82) is 0 Å². The van der Waals surface area contributed by atoms with Crippen LogP contribution in [0.2, 0.25) is 9.64 Å². The number of hydrogen-bond donors (Lipinski definition) is 0. The van der Waals surface area contributed by atoms with Gasteiger partial charge in [-0.05, 0) is 0 Å². The summed E-state index contributed by atoms with van der Waals surface area (Å²) in [5.74, 6) is 0.